The Balaban J connectivity index is 2.00. The third-order valence-corrected chi connectivity index (χ3v) is 3.83. The summed E-state index contributed by atoms with van der Waals surface area (Å²) in [7, 11) is 0. The Kier molecular flexibility index (Phi) is 6.50. The maximum Gasteiger partial charge on any atom is 0.304 e. The molecular formula is C16H19IO4. The zero-order valence-electron chi connectivity index (χ0n) is 11.7. The van der Waals surface area contributed by atoms with Gasteiger partial charge in [-0.25, -0.2) is 0 Å². The topological polar surface area (TPSA) is 55.8 Å². The molecule has 1 aromatic rings. The first-order chi connectivity index (χ1) is 10.2. The highest BCUT2D eigenvalue weighted by Crippen LogP contribution is 2.26. The molecule has 21 heavy (non-hydrogen) atoms. The van der Waals surface area contributed by atoms with Gasteiger partial charge in [0.25, 0.3) is 0 Å². The lowest BCUT2D eigenvalue weighted by Crippen LogP contribution is -2.24. The summed E-state index contributed by atoms with van der Waals surface area (Å²) in [5.41, 5.74) is 0.974. The Morgan fingerprint density at radius 2 is 2.19 bits per heavy atom. The van der Waals surface area contributed by atoms with E-state index >= 15 is 0 Å². The first-order valence-corrected chi connectivity index (χ1v) is 8.30. The molecule has 0 aliphatic carbocycles. The first kappa shape index (κ1) is 16.3. The van der Waals surface area contributed by atoms with Crippen molar-refractivity contribution in [3.8, 4) is 5.75 Å². The smallest absolute Gasteiger partial charge is 0.304 e. The van der Waals surface area contributed by atoms with E-state index in [1.165, 1.54) is 0 Å². The van der Waals surface area contributed by atoms with Gasteiger partial charge in [-0.05, 0) is 34.6 Å². The van der Waals surface area contributed by atoms with Crippen molar-refractivity contribution >= 4 is 28.6 Å². The number of carbonyl (C=O) groups is 1. The van der Waals surface area contributed by atoms with Crippen LogP contribution in [0.15, 0.2) is 34.4 Å². The molecule has 5 heteroatoms. The molecule has 0 bridgehead atoms. The Morgan fingerprint density at radius 3 is 2.76 bits per heavy atom. The minimum atomic E-state index is -0.801. The molecule has 0 aromatic heterocycles. The van der Waals surface area contributed by atoms with E-state index in [2.05, 4.69) is 22.6 Å². The van der Waals surface area contributed by atoms with E-state index in [1.807, 2.05) is 34.4 Å². The molecule has 2 rings (SSSR count). The molecule has 1 saturated heterocycles. The lowest BCUT2D eigenvalue weighted by atomic mass is 9.96. The van der Waals surface area contributed by atoms with Crippen LogP contribution < -0.4 is 4.74 Å². The molecule has 1 aliphatic heterocycles. The zero-order valence-corrected chi connectivity index (χ0v) is 13.9. The second kappa shape index (κ2) is 8.38. The predicted molar refractivity (Wildman–Crippen MR) is 88.8 cm³/mol. The maximum absolute atomic E-state index is 10.9. The second-order valence-electron chi connectivity index (χ2n) is 5.01. The van der Waals surface area contributed by atoms with Gasteiger partial charge in [-0.15, -0.1) is 0 Å². The van der Waals surface area contributed by atoms with Gasteiger partial charge in [0.2, 0.25) is 0 Å². The highest BCUT2D eigenvalue weighted by Gasteiger charge is 2.16. The van der Waals surface area contributed by atoms with Gasteiger partial charge >= 0.3 is 5.97 Å². The molecule has 1 fully saturated rings. The molecule has 1 aliphatic rings. The molecule has 2 atom stereocenters. The van der Waals surface area contributed by atoms with Crippen LogP contribution in [0.1, 0.15) is 37.2 Å². The molecule has 0 spiro atoms. The zero-order chi connectivity index (χ0) is 15.1. The lowest BCUT2D eigenvalue weighted by molar-refractivity contribution is -0.137. The third-order valence-electron chi connectivity index (χ3n) is 3.41. The summed E-state index contributed by atoms with van der Waals surface area (Å²) in [6.45, 7) is 0.754. The minimum Gasteiger partial charge on any atom is -0.481 e. The van der Waals surface area contributed by atoms with Crippen LogP contribution in [0.4, 0.5) is 0 Å². The number of carboxylic acid groups (broad SMARTS) is 1. The van der Waals surface area contributed by atoms with Gasteiger partial charge in [-0.2, -0.15) is 0 Å². The number of ether oxygens (including phenoxy) is 2. The average molecular weight is 402 g/mol. The third kappa shape index (κ3) is 5.32. The standard InChI is InChI=1S/C16H19IO4/c17-9-8-13(11-15(18)19)12-4-6-14(7-5-12)21-16-3-1-2-10-20-16/h4-9,13,16H,1-3,10-11H2,(H,18,19)/t13-,16?/m1/s1. The van der Waals surface area contributed by atoms with Gasteiger partial charge in [0, 0.05) is 12.3 Å². The van der Waals surface area contributed by atoms with E-state index in [9.17, 15) is 4.79 Å². The number of rotatable bonds is 6. The fourth-order valence-electron chi connectivity index (χ4n) is 2.32. The number of benzene rings is 1. The lowest BCUT2D eigenvalue weighted by Gasteiger charge is -2.23. The van der Waals surface area contributed by atoms with Crippen molar-refractivity contribution in [2.75, 3.05) is 6.61 Å². The fraction of sp³-hybridized carbons (Fsp3) is 0.438. The van der Waals surface area contributed by atoms with Crippen molar-refractivity contribution < 1.29 is 19.4 Å². The summed E-state index contributed by atoms with van der Waals surface area (Å²) < 4.78 is 13.2. The van der Waals surface area contributed by atoms with Crippen molar-refractivity contribution in [2.45, 2.75) is 37.9 Å². The molecule has 1 unspecified atom stereocenters. The van der Waals surface area contributed by atoms with Crippen LogP contribution in [0, 0.1) is 0 Å². The Morgan fingerprint density at radius 1 is 1.43 bits per heavy atom. The van der Waals surface area contributed by atoms with Gasteiger partial charge in [0.05, 0.1) is 13.0 Å². The molecule has 0 radical (unpaired) electrons. The van der Waals surface area contributed by atoms with Gasteiger partial charge in [-0.3, -0.25) is 4.79 Å². The van der Waals surface area contributed by atoms with E-state index in [-0.39, 0.29) is 18.6 Å². The van der Waals surface area contributed by atoms with Crippen LogP contribution in [0.2, 0.25) is 0 Å². The van der Waals surface area contributed by atoms with Crippen molar-refractivity contribution in [1.29, 1.82) is 0 Å². The molecule has 1 N–H and O–H groups in total. The quantitative estimate of drug-likeness (QED) is 0.729. The predicted octanol–water partition coefficient (Wildman–Crippen LogP) is 4.10. The van der Waals surface area contributed by atoms with Crippen LogP contribution in [0.3, 0.4) is 0 Å². The molecule has 1 heterocycles. The van der Waals surface area contributed by atoms with Crippen molar-refractivity contribution in [2.24, 2.45) is 0 Å². The van der Waals surface area contributed by atoms with Crippen LogP contribution >= 0.6 is 22.6 Å². The SMILES string of the molecule is O=C(O)C[C@@H](C=CI)c1ccc(OC2CCCCO2)cc1. The summed E-state index contributed by atoms with van der Waals surface area (Å²) in [5, 5.41) is 8.97. The molecule has 114 valence electrons. The Labute approximate surface area is 138 Å². The summed E-state index contributed by atoms with van der Waals surface area (Å²) in [6, 6.07) is 7.59. The second-order valence-corrected chi connectivity index (χ2v) is 5.72. The Bertz CT molecular complexity index is 478. The number of hydrogen-bond donors (Lipinski definition) is 1. The van der Waals surface area contributed by atoms with Gasteiger partial charge in [0.1, 0.15) is 5.75 Å². The normalized spacial score (nSPS) is 20.3. The molecule has 1 aromatic carbocycles. The summed E-state index contributed by atoms with van der Waals surface area (Å²) >= 11 is 2.10. The average Bonchev–Trinajstić information content (AvgIpc) is 2.48. The number of aliphatic carboxylic acids is 1. The number of allylic oxidation sites excluding steroid dienone is 1. The summed E-state index contributed by atoms with van der Waals surface area (Å²) in [6.07, 6.45) is 4.97. The van der Waals surface area contributed by atoms with E-state index in [4.69, 9.17) is 14.6 Å². The van der Waals surface area contributed by atoms with E-state index in [0.29, 0.717) is 0 Å². The molecular weight excluding hydrogens is 383 g/mol. The molecule has 4 nitrogen and oxygen atoms in total. The maximum atomic E-state index is 10.9. The van der Waals surface area contributed by atoms with Crippen molar-refractivity contribution in [3.05, 3.63) is 40.0 Å². The van der Waals surface area contributed by atoms with Gasteiger partial charge in [-0.1, -0.05) is 40.8 Å². The van der Waals surface area contributed by atoms with Gasteiger partial charge in [0.15, 0.2) is 6.29 Å². The highest BCUT2D eigenvalue weighted by atomic mass is 127. The van der Waals surface area contributed by atoms with Crippen LogP contribution in [0.5, 0.6) is 5.75 Å². The van der Waals surface area contributed by atoms with Crippen molar-refractivity contribution in [1.82, 2.24) is 0 Å². The highest BCUT2D eigenvalue weighted by molar-refractivity contribution is 14.1. The molecule has 0 amide bonds. The number of carboxylic acids is 1. The monoisotopic (exact) mass is 402 g/mol. The summed E-state index contributed by atoms with van der Waals surface area (Å²) in [5.74, 6) is -0.150. The summed E-state index contributed by atoms with van der Waals surface area (Å²) in [4.78, 5) is 10.9. The first-order valence-electron chi connectivity index (χ1n) is 7.06. The largest absolute Gasteiger partial charge is 0.481 e. The minimum absolute atomic E-state index is 0.0887. The Hall–Kier alpha value is -1.08. The number of hydrogen-bond acceptors (Lipinski definition) is 3. The van der Waals surface area contributed by atoms with Crippen LogP contribution in [0.25, 0.3) is 0 Å². The molecule has 0 saturated carbocycles. The van der Waals surface area contributed by atoms with E-state index in [1.54, 1.807) is 0 Å². The van der Waals surface area contributed by atoms with E-state index in [0.717, 1.165) is 37.2 Å². The van der Waals surface area contributed by atoms with Crippen molar-refractivity contribution in [3.63, 3.8) is 0 Å². The number of halogens is 1. The van der Waals surface area contributed by atoms with Crippen LogP contribution in [-0.2, 0) is 9.53 Å². The van der Waals surface area contributed by atoms with Crippen LogP contribution in [-0.4, -0.2) is 24.0 Å². The van der Waals surface area contributed by atoms with Gasteiger partial charge < -0.3 is 14.6 Å². The van der Waals surface area contributed by atoms with E-state index < -0.39 is 5.97 Å². The fourth-order valence-corrected chi connectivity index (χ4v) is 2.82.